The number of carboxylic acids is 1. The van der Waals surface area contributed by atoms with Crippen molar-refractivity contribution >= 4 is 62.4 Å². The van der Waals surface area contributed by atoms with E-state index in [0.29, 0.717) is 15.2 Å². The van der Waals surface area contributed by atoms with Gasteiger partial charge in [0.15, 0.2) is 11.7 Å². The fourth-order valence-corrected chi connectivity index (χ4v) is 2.95. The van der Waals surface area contributed by atoms with Gasteiger partial charge in [-0.05, 0) is 67.5 Å². The third kappa shape index (κ3) is 5.92. The number of aryl methyl sites for hydroxylation is 2. The summed E-state index contributed by atoms with van der Waals surface area (Å²) in [7, 11) is 0. The minimum atomic E-state index is -1.12. The molecule has 0 radical (unpaired) electrons. The molecule has 0 saturated heterocycles. The lowest BCUT2D eigenvalue weighted by atomic mass is 10.1. The molecule has 2 aromatic carbocycles. The maximum atomic E-state index is 12.0. The summed E-state index contributed by atoms with van der Waals surface area (Å²) < 4.78 is 6.07. The number of hydrogen-bond donors (Lipinski definition) is 3. The molecule has 27 heavy (non-hydrogen) atoms. The Bertz CT molecular complexity index is 897. The van der Waals surface area contributed by atoms with Crippen LogP contribution in [0.2, 0.25) is 5.02 Å². The molecular weight excluding hydrogens is 456 g/mol. The van der Waals surface area contributed by atoms with E-state index < -0.39 is 11.9 Å². The average molecular weight is 472 g/mol. The summed E-state index contributed by atoms with van der Waals surface area (Å²) >= 11 is 14.4. The summed E-state index contributed by atoms with van der Waals surface area (Å²) in [5, 5.41) is 15.0. The van der Waals surface area contributed by atoms with Crippen molar-refractivity contribution < 1.29 is 19.4 Å². The van der Waals surface area contributed by atoms with Gasteiger partial charge < -0.3 is 15.2 Å². The summed E-state index contributed by atoms with van der Waals surface area (Å²) in [5.41, 5.74) is 1.98. The first kappa shape index (κ1) is 21.1. The van der Waals surface area contributed by atoms with Crippen molar-refractivity contribution in [2.75, 3.05) is 11.9 Å². The van der Waals surface area contributed by atoms with E-state index >= 15 is 0 Å². The van der Waals surface area contributed by atoms with Crippen LogP contribution in [0.4, 0.5) is 5.69 Å². The third-order valence-electron chi connectivity index (χ3n) is 3.49. The Morgan fingerprint density at radius 1 is 1.22 bits per heavy atom. The van der Waals surface area contributed by atoms with Crippen LogP contribution in [0.1, 0.15) is 21.5 Å². The minimum absolute atomic E-state index is 0.0179. The van der Waals surface area contributed by atoms with Crippen molar-refractivity contribution in [3.63, 3.8) is 0 Å². The summed E-state index contributed by atoms with van der Waals surface area (Å²) in [6, 6.07) is 8.11. The number of nitrogens with one attached hydrogen (secondary N) is 2. The molecule has 0 fully saturated rings. The van der Waals surface area contributed by atoms with Crippen LogP contribution in [-0.4, -0.2) is 28.7 Å². The number of ether oxygens (including phenoxy) is 1. The van der Waals surface area contributed by atoms with Gasteiger partial charge in [-0.1, -0.05) is 27.5 Å². The largest absolute Gasteiger partial charge is 0.484 e. The number of halogens is 2. The molecule has 0 spiro atoms. The third-order valence-corrected chi connectivity index (χ3v) is 4.79. The van der Waals surface area contributed by atoms with E-state index in [2.05, 4.69) is 26.6 Å². The van der Waals surface area contributed by atoms with Crippen LogP contribution in [-0.2, 0) is 4.79 Å². The Balaban J connectivity index is 1.95. The first-order chi connectivity index (χ1) is 12.7. The van der Waals surface area contributed by atoms with Crippen LogP contribution in [0, 0.1) is 13.8 Å². The normalized spacial score (nSPS) is 10.2. The van der Waals surface area contributed by atoms with E-state index in [4.69, 9.17) is 28.6 Å². The zero-order chi connectivity index (χ0) is 20.1. The molecule has 1 amide bonds. The number of rotatable bonds is 5. The molecule has 0 aliphatic heterocycles. The predicted molar refractivity (Wildman–Crippen MR) is 112 cm³/mol. The fourth-order valence-electron chi connectivity index (χ4n) is 2.26. The quantitative estimate of drug-likeness (QED) is 0.563. The summed E-state index contributed by atoms with van der Waals surface area (Å²) in [5.74, 6) is -1.08. The zero-order valence-corrected chi connectivity index (χ0v) is 17.6. The van der Waals surface area contributed by atoms with Crippen LogP contribution in [0.15, 0.2) is 34.8 Å². The molecule has 0 saturated carbocycles. The second-order valence-corrected chi connectivity index (χ2v) is 7.36. The summed E-state index contributed by atoms with van der Waals surface area (Å²) in [4.78, 5) is 23.3. The number of anilines is 1. The lowest BCUT2D eigenvalue weighted by Gasteiger charge is -2.13. The molecule has 0 aromatic heterocycles. The van der Waals surface area contributed by atoms with E-state index in [9.17, 15) is 14.7 Å². The highest BCUT2D eigenvalue weighted by Gasteiger charge is 2.13. The Morgan fingerprint density at radius 3 is 2.44 bits per heavy atom. The average Bonchev–Trinajstić information content (AvgIpc) is 2.59. The Kier molecular flexibility index (Phi) is 7.18. The maximum absolute atomic E-state index is 12.0. The van der Waals surface area contributed by atoms with E-state index in [1.165, 1.54) is 6.07 Å². The van der Waals surface area contributed by atoms with Crippen LogP contribution >= 0.6 is 39.7 Å². The predicted octanol–water partition coefficient (Wildman–Crippen LogP) is 4.31. The summed E-state index contributed by atoms with van der Waals surface area (Å²) in [6.45, 7) is 3.44. The van der Waals surface area contributed by atoms with Crippen molar-refractivity contribution in [2.24, 2.45) is 0 Å². The van der Waals surface area contributed by atoms with Crippen LogP contribution < -0.4 is 15.4 Å². The molecule has 6 nitrogen and oxygen atoms in total. The van der Waals surface area contributed by atoms with Crippen molar-refractivity contribution in [3.05, 3.63) is 56.5 Å². The van der Waals surface area contributed by atoms with Crippen molar-refractivity contribution in [3.8, 4) is 5.75 Å². The van der Waals surface area contributed by atoms with Crippen molar-refractivity contribution in [1.29, 1.82) is 0 Å². The number of carboxylic acid groups (broad SMARTS) is 1. The van der Waals surface area contributed by atoms with E-state index in [0.717, 1.165) is 11.1 Å². The number of aromatic carboxylic acids is 1. The molecule has 0 atom stereocenters. The van der Waals surface area contributed by atoms with Gasteiger partial charge in [-0.15, -0.1) is 0 Å². The maximum Gasteiger partial charge on any atom is 0.337 e. The first-order valence-electron chi connectivity index (χ1n) is 7.70. The molecule has 9 heteroatoms. The van der Waals surface area contributed by atoms with Gasteiger partial charge in [0.1, 0.15) is 5.75 Å². The second-order valence-electron chi connectivity index (χ2n) is 5.66. The van der Waals surface area contributed by atoms with Crippen LogP contribution in [0.5, 0.6) is 5.75 Å². The fraction of sp³-hybridized carbons (Fsp3) is 0.167. The highest BCUT2D eigenvalue weighted by molar-refractivity contribution is 9.10. The number of benzene rings is 2. The van der Waals surface area contributed by atoms with Gasteiger partial charge in [0.05, 0.1) is 11.3 Å². The summed E-state index contributed by atoms with van der Waals surface area (Å²) in [6.07, 6.45) is 0. The molecule has 0 unspecified atom stereocenters. The lowest BCUT2D eigenvalue weighted by molar-refractivity contribution is -0.121. The monoisotopic (exact) mass is 470 g/mol. The molecule has 2 aromatic rings. The highest BCUT2D eigenvalue weighted by Crippen LogP contribution is 2.25. The number of carbonyl (C=O) groups is 2. The molecule has 3 N–H and O–H groups in total. The molecule has 142 valence electrons. The molecule has 0 aliphatic carbocycles. The van der Waals surface area contributed by atoms with E-state index in [-0.39, 0.29) is 23.0 Å². The Labute approximate surface area is 175 Å². The standard InChI is InChI=1S/C18H16BrClN2O4S/c1-9-5-12(6-10(2)16(9)20)26-8-15(23)22-18(27)21-14-4-3-11(19)7-13(14)17(24)25/h3-7H,8H2,1-2H3,(H,24,25)(H2,21,22,23,27). The molecule has 2 rings (SSSR count). The Hall–Kier alpha value is -2.16. The lowest BCUT2D eigenvalue weighted by Crippen LogP contribution is -2.37. The number of thiocarbonyl (C=S) groups is 1. The van der Waals surface area contributed by atoms with Gasteiger partial charge in [-0.25, -0.2) is 4.79 Å². The molecule has 0 heterocycles. The number of hydrogen-bond acceptors (Lipinski definition) is 4. The topological polar surface area (TPSA) is 87.7 Å². The van der Waals surface area contributed by atoms with Crippen LogP contribution in [0.3, 0.4) is 0 Å². The second kappa shape index (κ2) is 9.16. The van der Waals surface area contributed by atoms with Crippen LogP contribution in [0.25, 0.3) is 0 Å². The molecule has 0 bridgehead atoms. The SMILES string of the molecule is Cc1cc(OCC(=O)NC(=S)Nc2ccc(Br)cc2C(=O)O)cc(C)c1Cl. The van der Waals surface area contributed by atoms with Gasteiger partial charge in [0.25, 0.3) is 5.91 Å². The first-order valence-corrected chi connectivity index (χ1v) is 9.28. The smallest absolute Gasteiger partial charge is 0.337 e. The van der Waals surface area contributed by atoms with E-state index in [1.807, 2.05) is 13.8 Å². The molecule has 0 aliphatic rings. The van der Waals surface area contributed by atoms with Crippen molar-refractivity contribution in [2.45, 2.75) is 13.8 Å². The Morgan fingerprint density at radius 2 is 1.85 bits per heavy atom. The van der Waals surface area contributed by atoms with Crippen molar-refractivity contribution in [1.82, 2.24) is 5.32 Å². The molecular formula is C18H16BrClN2O4S. The van der Waals surface area contributed by atoms with Gasteiger partial charge in [0.2, 0.25) is 0 Å². The van der Waals surface area contributed by atoms with Gasteiger partial charge in [-0.2, -0.15) is 0 Å². The van der Waals surface area contributed by atoms with E-state index in [1.54, 1.807) is 24.3 Å². The highest BCUT2D eigenvalue weighted by atomic mass is 79.9. The van der Waals surface area contributed by atoms with Gasteiger partial charge in [0, 0.05) is 9.50 Å². The van der Waals surface area contributed by atoms with Gasteiger partial charge in [-0.3, -0.25) is 10.1 Å². The van der Waals surface area contributed by atoms with Gasteiger partial charge >= 0.3 is 5.97 Å². The zero-order valence-electron chi connectivity index (χ0n) is 14.4. The number of carbonyl (C=O) groups excluding carboxylic acids is 1. The minimum Gasteiger partial charge on any atom is -0.484 e. The number of amides is 1.